The molecule has 1 aliphatic rings. The number of ether oxygens (including phenoxy) is 5. The van der Waals surface area contributed by atoms with Gasteiger partial charge in [-0.2, -0.15) is 0 Å². The van der Waals surface area contributed by atoms with Gasteiger partial charge >= 0.3 is 5.97 Å². The summed E-state index contributed by atoms with van der Waals surface area (Å²) in [6.45, 7) is 6.84. The van der Waals surface area contributed by atoms with Crippen LogP contribution in [-0.2, 0) is 41.3 Å². The van der Waals surface area contributed by atoms with Crippen LogP contribution in [0.25, 0.3) is 0 Å². The molecule has 0 aromatic heterocycles. The Balaban J connectivity index is 1.46. The topological polar surface area (TPSA) is 96.3 Å². The molecule has 1 aliphatic heterocycles. The molecule has 0 spiro atoms. The third-order valence-corrected chi connectivity index (χ3v) is 15.3. The quantitative estimate of drug-likeness (QED) is 0.0392. The van der Waals surface area contributed by atoms with Crippen molar-refractivity contribution in [3.05, 3.63) is 168 Å². The number of halogens is 3. The number of hydrogen-bond donors (Lipinski definition) is 1. The van der Waals surface area contributed by atoms with Gasteiger partial charge in [-0.3, -0.25) is 5.41 Å². The zero-order valence-electron chi connectivity index (χ0n) is 31.9. The van der Waals surface area contributed by atoms with Crippen molar-refractivity contribution in [3.63, 3.8) is 0 Å². The molecule has 0 aliphatic carbocycles. The van der Waals surface area contributed by atoms with Crippen LogP contribution in [0, 0.1) is 5.41 Å². The average Bonchev–Trinajstić information content (AvgIpc) is 3.21. The van der Waals surface area contributed by atoms with Gasteiger partial charge in [-0.05, 0) is 38.7 Å². The Hall–Kier alpha value is -4.03. The molecule has 0 amide bonds. The molecule has 5 atom stereocenters. The molecule has 0 saturated carbocycles. The zero-order chi connectivity index (χ0) is 40.5. The van der Waals surface area contributed by atoms with Crippen LogP contribution in [-0.4, -0.2) is 61.3 Å². The van der Waals surface area contributed by atoms with E-state index in [-0.39, 0.29) is 30.4 Å². The third kappa shape index (κ3) is 10.5. The van der Waals surface area contributed by atoms with Crippen molar-refractivity contribution in [2.24, 2.45) is 0 Å². The Bertz CT molecular complexity index is 1980. The van der Waals surface area contributed by atoms with Crippen LogP contribution in [0.2, 0.25) is 5.04 Å². The van der Waals surface area contributed by atoms with Crippen molar-refractivity contribution in [2.45, 2.75) is 73.5 Å². The summed E-state index contributed by atoms with van der Waals surface area (Å²) >= 11 is 18.5. The van der Waals surface area contributed by atoms with Gasteiger partial charge in [-0.1, -0.05) is 195 Å². The summed E-state index contributed by atoms with van der Waals surface area (Å²) in [6.07, 6.45) is -5.63. The van der Waals surface area contributed by atoms with Crippen molar-refractivity contribution in [2.75, 3.05) is 6.61 Å². The lowest BCUT2D eigenvalue weighted by molar-refractivity contribution is -0.299. The predicted molar refractivity (Wildman–Crippen MR) is 227 cm³/mol. The standard InChI is InChI=1S/C45H46Cl3NO7Si/c1-44(2,3)57(35-25-15-7-16-26-35,36-27-17-8-18-28-36)53-31-37-38(51-29-32-19-9-4-10-20-32)39(52-30-33-21-11-5-12-22-33)40(42(54-37)56-43(49)45(46,47)48)55-41(50)34-23-13-6-14-24-34/h4-28,37-40,42,49H,29-31H2,1-3H3/t37-,38-,39+,40+,42-/m1/s1. The van der Waals surface area contributed by atoms with E-state index < -0.39 is 54.7 Å². The number of hydrogen-bond acceptors (Lipinski definition) is 8. The summed E-state index contributed by atoms with van der Waals surface area (Å²) in [5, 5.41) is 10.4. The number of esters is 1. The molecule has 5 aromatic carbocycles. The second-order valence-electron chi connectivity index (χ2n) is 14.7. The zero-order valence-corrected chi connectivity index (χ0v) is 35.2. The Morgan fingerprint density at radius 2 is 1.07 bits per heavy atom. The molecule has 1 heterocycles. The summed E-state index contributed by atoms with van der Waals surface area (Å²) in [5.41, 5.74) is 2.05. The monoisotopic (exact) mass is 845 g/mol. The van der Waals surface area contributed by atoms with Gasteiger partial charge in [0.2, 0.25) is 12.2 Å². The Morgan fingerprint density at radius 3 is 1.53 bits per heavy atom. The lowest BCUT2D eigenvalue weighted by atomic mass is 9.97. The smallest absolute Gasteiger partial charge is 0.338 e. The first-order valence-corrected chi connectivity index (χ1v) is 21.7. The molecule has 12 heteroatoms. The number of alkyl halides is 3. The van der Waals surface area contributed by atoms with E-state index in [0.29, 0.717) is 0 Å². The summed E-state index contributed by atoms with van der Waals surface area (Å²) in [6, 6.07) is 48.3. The summed E-state index contributed by atoms with van der Waals surface area (Å²) in [5.74, 6) is -1.40. The molecule has 5 aromatic rings. The van der Waals surface area contributed by atoms with E-state index >= 15 is 0 Å². The second-order valence-corrected chi connectivity index (χ2v) is 21.3. The molecular formula is C45H46Cl3NO7Si. The fourth-order valence-electron chi connectivity index (χ4n) is 7.07. The Labute approximate surface area is 350 Å². The average molecular weight is 847 g/mol. The molecule has 0 radical (unpaired) electrons. The first kappa shape index (κ1) is 42.6. The van der Waals surface area contributed by atoms with Crippen molar-refractivity contribution in [3.8, 4) is 0 Å². The van der Waals surface area contributed by atoms with E-state index in [1.807, 2.05) is 97.1 Å². The van der Waals surface area contributed by atoms with Crippen molar-refractivity contribution >= 4 is 65.4 Å². The Kier molecular flexibility index (Phi) is 14.3. The van der Waals surface area contributed by atoms with Crippen molar-refractivity contribution in [1.82, 2.24) is 0 Å². The molecule has 6 rings (SSSR count). The largest absolute Gasteiger partial charge is 0.449 e. The highest BCUT2D eigenvalue weighted by atomic mass is 35.6. The molecule has 1 N–H and O–H groups in total. The molecule has 0 bridgehead atoms. The van der Waals surface area contributed by atoms with E-state index in [2.05, 4.69) is 45.0 Å². The second kappa shape index (κ2) is 19.1. The van der Waals surface area contributed by atoms with Gasteiger partial charge in [0.15, 0.2) is 6.10 Å². The minimum Gasteiger partial charge on any atom is -0.449 e. The fourth-order valence-corrected chi connectivity index (χ4v) is 11.8. The van der Waals surface area contributed by atoms with Gasteiger partial charge in [0, 0.05) is 0 Å². The van der Waals surface area contributed by atoms with Crippen LogP contribution in [0.5, 0.6) is 0 Å². The molecule has 57 heavy (non-hydrogen) atoms. The highest BCUT2D eigenvalue weighted by Crippen LogP contribution is 2.39. The van der Waals surface area contributed by atoms with Gasteiger partial charge in [0.25, 0.3) is 12.1 Å². The molecule has 1 fully saturated rings. The summed E-state index contributed by atoms with van der Waals surface area (Å²) in [4.78, 5) is 13.8. The number of carbonyl (C=O) groups is 1. The lowest BCUT2D eigenvalue weighted by Crippen LogP contribution is -2.68. The molecule has 8 nitrogen and oxygen atoms in total. The fraction of sp³-hybridized carbons (Fsp3) is 0.289. The summed E-state index contributed by atoms with van der Waals surface area (Å²) in [7, 11) is -3.12. The highest BCUT2D eigenvalue weighted by Gasteiger charge is 2.55. The molecular weight excluding hydrogens is 801 g/mol. The highest BCUT2D eigenvalue weighted by molar-refractivity contribution is 6.99. The molecule has 1 saturated heterocycles. The number of benzene rings is 5. The lowest BCUT2D eigenvalue weighted by Gasteiger charge is -2.48. The first-order valence-electron chi connectivity index (χ1n) is 18.7. The Morgan fingerprint density at radius 1 is 0.632 bits per heavy atom. The van der Waals surface area contributed by atoms with Crippen LogP contribution < -0.4 is 10.4 Å². The molecule has 0 unspecified atom stereocenters. The maximum atomic E-state index is 13.8. The van der Waals surface area contributed by atoms with Crippen LogP contribution >= 0.6 is 34.8 Å². The third-order valence-electron chi connectivity index (χ3n) is 9.79. The van der Waals surface area contributed by atoms with Gasteiger partial charge in [-0.25, -0.2) is 4.79 Å². The number of rotatable bonds is 14. The predicted octanol–water partition coefficient (Wildman–Crippen LogP) is 9.05. The van der Waals surface area contributed by atoms with E-state index in [1.54, 1.807) is 30.3 Å². The summed E-state index contributed by atoms with van der Waals surface area (Å²) < 4.78 is 37.6. The van der Waals surface area contributed by atoms with Gasteiger partial charge in [0.05, 0.1) is 25.4 Å². The molecule has 298 valence electrons. The van der Waals surface area contributed by atoms with Crippen LogP contribution in [0.1, 0.15) is 42.3 Å². The van der Waals surface area contributed by atoms with Crippen molar-refractivity contribution in [1.29, 1.82) is 5.41 Å². The normalized spacial score (nSPS) is 20.1. The minimum absolute atomic E-state index is 0.00174. The first-order chi connectivity index (χ1) is 27.4. The van der Waals surface area contributed by atoms with E-state index in [4.69, 9.17) is 68.3 Å². The number of carbonyl (C=O) groups excluding carboxylic acids is 1. The SMILES string of the molecule is CC(C)(C)[Si](OC[C@H]1O[C@H](OC(=N)C(Cl)(Cl)Cl)[C@@H](OC(=O)c2ccccc2)[C@@H](OCc2ccccc2)[C@@H]1OCc1ccccc1)(c1ccccc1)c1ccccc1. The minimum atomic E-state index is -3.12. The maximum absolute atomic E-state index is 13.8. The van der Waals surface area contributed by atoms with Gasteiger partial charge in [0.1, 0.15) is 18.3 Å². The van der Waals surface area contributed by atoms with E-state index in [0.717, 1.165) is 21.5 Å². The van der Waals surface area contributed by atoms with Gasteiger partial charge < -0.3 is 28.1 Å². The van der Waals surface area contributed by atoms with Gasteiger partial charge in [-0.15, -0.1) is 0 Å². The van der Waals surface area contributed by atoms with Crippen LogP contribution in [0.4, 0.5) is 0 Å². The number of nitrogens with one attached hydrogen (secondary N) is 1. The maximum Gasteiger partial charge on any atom is 0.338 e. The van der Waals surface area contributed by atoms with E-state index in [1.165, 1.54) is 0 Å². The van der Waals surface area contributed by atoms with Crippen molar-refractivity contribution < 1.29 is 32.9 Å². The van der Waals surface area contributed by atoms with Crippen LogP contribution in [0.15, 0.2) is 152 Å². The van der Waals surface area contributed by atoms with E-state index in [9.17, 15) is 4.79 Å². The van der Waals surface area contributed by atoms with Crippen LogP contribution in [0.3, 0.4) is 0 Å².